The fourth-order valence-corrected chi connectivity index (χ4v) is 6.99. The Balaban J connectivity index is 0.00000484. The van der Waals surface area contributed by atoms with Crippen LogP contribution in [-0.2, 0) is 20.1 Å². The molecule has 0 aromatic heterocycles. The van der Waals surface area contributed by atoms with Gasteiger partial charge in [-0.2, -0.15) is 0 Å². The number of quaternary nitrogens is 1. The molecular weight excluding hydrogens is 600 g/mol. The van der Waals surface area contributed by atoms with E-state index in [0.29, 0.717) is 34.4 Å². The minimum atomic E-state index is -5.08. The first-order chi connectivity index (χ1) is 19.5. The Kier molecular flexibility index (Phi) is 10.8. The molecule has 228 valence electrons. The highest BCUT2D eigenvalue weighted by Crippen LogP contribution is 2.43. The van der Waals surface area contributed by atoms with Gasteiger partial charge in [-0.3, -0.25) is 0 Å². The molecule has 4 N–H and O–H groups in total. The monoisotopic (exact) mass is 636 g/mol. The molecule has 0 radical (unpaired) electrons. The lowest BCUT2D eigenvalue weighted by Gasteiger charge is -2.23. The molecule has 4 rings (SSSR count). The standard InChI is InChI=1S/C29H36N4O6S2.ClH/c1-5-32(6-2)20-9-12-23-26(17-20)39-27-18-21(33(7-3)8-4)10-13-24(27)29(23)25-14-11-22(19-28(25)41(36,37)38)40(34,35)31-16-15-30;/h9-14,17-19,31H,5-8,15-16,30H2,1-4H3;1H. The maximum atomic E-state index is 12.8. The number of rotatable bonds is 11. The molecule has 2 aromatic rings. The molecule has 0 fully saturated rings. The SMILES string of the molecule is CCN(CC)c1ccc2c(-c3ccc(S(=O)(=O)NCC[NH3+])cc3S(=O)(=O)[O-])c3ccc(=[N+](CC)CC)cc-3oc2c1.[Cl-]. The van der Waals surface area contributed by atoms with Crippen molar-refractivity contribution in [2.24, 2.45) is 0 Å². The van der Waals surface area contributed by atoms with Gasteiger partial charge in [-0.1, -0.05) is 6.07 Å². The molecule has 0 spiro atoms. The summed E-state index contributed by atoms with van der Waals surface area (Å²) in [6.45, 7) is 11.7. The second kappa shape index (κ2) is 13.5. The van der Waals surface area contributed by atoms with Crippen LogP contribution < -0.4 is 37.7 Å². The van der Waals surface area contributed by atoms with Crippen LogP contribution in [0.5, 0.6) is 0 Å². The normalized spacial score (nSPS) is 12.0. The van der Waals surface area contributed by atoms with E-state index in [1.165, 1.54) is 12.1 Å². The fraction of sp³-hybridized carbons (Fsp3) is 0.345. The van der Waals surface area contributed by atoms with Crippen molar-refractivity contribution in [3.63, 3.8) is 0 Å². The number of halogens is 1. The molecule has 10 nitrogen and oxygen atoms in total. The van der Waals surface area contributed by atoms with E-state index in [0.717, 1.165) is 43.3 Å². The first kappa shape index (κ1) is 33.5. The van der Waals surface area contributed by atoms with Gasteiger partial charge in [-0.25, -0.2) is 26.1 Å². The smallest absolute Gasteiger partial charge is 0.240 e. The Morgan fingerprint density at radius 2 is 1.57 bits per heavy atom. The first-order valence-corrected chi connectivity index (χ1v) is 16.6. The summed E-state index contributed by atoms with van der Waals surface area (Å²) >= 11 is 0. The summed E-state index contributed by atoms with van der Waals surface area (Å²) in [5.74, 6) is 0.511. The van der Waals surface area contributed by atoms with Crippen molar-refractivity contribution >= 4 is 36.8 Å². The minimum absolute atomic E-state index is 0. The second-order valence-electron chi connectivity index (χ2n) is 9.55. The van der Waals surface area contributed by atoms with Gasteiger partial charge in [0, 0.05) is 53.0 Å². The number of hydrogen-bond donors (Lipinski definition) is 2. The highest BCUT2D eigenvalue weighted by molar-refractivity contribution is 7.89. The Hall–Kier alpha value is -3.00. The summed E-state index contributed by atoms with van der Waals surface area (Å²) in [7, 11) is -9.14. The molecule has 0 amide bonds. The topological polar surface area (TPSA) is 150 Å². The molecule has 0 unspecified atom stereocenters. The summed E-state index contributed by atoms with van der Waals surface area (Å²) in [6, 6.07) is 15.0. The van der Waals surface area contributed by atoms with E-state index in [4.69, 9.17) is 4.42 Å². The van der Waals surface area contributed by atoms with Crippen LogP contribution in [0.1, 0.15) is 27.7 Å². The molecule has 0 saturated carbocycles. The number of nitrogens with one attached hydrogen (secondary N) is 1. The van der Waals surface area contributed by atoms with Crippen molar-refractivity contribution in [2.75, 3.05) is 44.2 Å². The number of hydrogen-bond acceptors (Lipinski definition) is 7. The fourth-order valence-electron chi connectivity index (χ4n) is 5.10. The van der Waals surface area contributed by atoms with Crippen LogP contribution in [-0.4, -0.2) is 60.7 Å². The van der Waals surface area contributed by atoms with E-state index in [1.807, 2.05) is 36.4 Å². The molecule has 1 aliphatic heterocycles. The molecule has 0 saturated heterocycles. The minimum Gasteiger partial charge on any atom is -1.00 e. The number of anilines is 1. The number of benzene rings is 3. The Morgan fingerprint density at radius 3 is 2.17 bits per heavy atom. The van der Waals surface area contributed by atoms with Crippen LogP contribution in [0.3, 0.4) is 0 Å². The molecule has 2 aliphatic rings. The van der Waals surface area contributed by atoms with Gasteiger partial charge in [0.25, 0.3) is 0 Å². The second-order valence-corrected chi connectivity index (χ2v) is 12.7. The summed E-state index contributed by atoms with van der Waals surface area (Å²) in [5.41, 5.74) is 6.24. The van der Waals surface area contributed by atoms with Gasteiger partial charge in [0.1, 0.15) is 34.6 Å². The molecule has 0 bridgehead atoms. The van der Waals surface area contributed by atoms with Gasteiger partial charge in [0.15, 0.2) is 0 Å². The summed E-state index contributed by atoms with van der Waals surface area (Å²) in [4.78, 5) is 1.23. The third kappa shape index (κ3) is 6.64. The maximum Gasteiger partial charge on any atom is 0.240 e. The lowest BCUT2D eigenvalue weighted by Crippen LogP contribution is -3.00. The van der Waals surface area contributed by atoms with Crippen molar-refractivity contribution in [1.29, 1.82) is 0 Å². The van der Waals surface area contributed by atoms with E-state index in [2.05, 4.69) is 47.6 Å². The molecule has 13 heteroatoms. The van der Waals surface area contributed by atoms with E-state index < -0.39 is 25.0 Å². The molecule has 2 aromatic carbocycles. The summed E-state index contributed by atoms with van der Waals surface area (Å²) in [6.07, 6.45) is 0. The predicted octanol–water partition coefficient (Wildman–Crippen LogP) is -0.709. The van der Waals surface area contributed by atoms with Crippen LogP contribution in [0, 0.1) is 0 Å². The zero-order valence-corrected chi connectivity index (χ0v) is 26.6. The van der Waals surface area contributed by atoms with E-state index in [9.17, 15) is 21.4 Å². The van der Waals surface area contributed by atoms with Gasteiger partial charge in [-0.05, 0) is 58.0 Å². The average Bonchev–Trinajstić information content (AvgIpc) is 2.95. The highest BCUT2D eigenvalue weighted by Gasteiger charge is 2.25. The van der Waals surface area contributed by atoms with Gasteiger partial charge >= 0.3 is 0 Å². The Morgan fingerprint density at radius 1 is 0.905 bits per heavy atom. The van der Waals surface area contributed by atoms with E-state index >= 15 is 0 Å². The average molecular weight is 637 g/mol. The largest absolute Gasteiger partial charge is 1.00 e. The third-order valence-electron chi connectivity index (χ3n) is 7.22. The quantitative estimate of drug-likeness (QED) is 0.125. The first-order valence-electron chi connectivity index (χ1n) is 13.7. The van der Waals surface area contributed by atoms with E-state index in [1.54, 1.807) is 0 Å². The lowest BCUT2D eigenvalue weighted by atomic mass is 9.93. The zero-order valence-electron chi connectivity index (χ0n) is 24.2. The Labute approximate surface area is 253 Å². The number of nitrogens with zero attached hydrogens (tertiary/aromatic N) is 2. The van der Waals surface area contributed by atoms with Gasteiger partial charge in [0.2, 0.25) is 15.4 Å². The molecule has 42 heavy (non-hydrogen) atoms. The summed E-state index contributed by atoms with van der Waals surface area (Å²) < 4.78 is 74.4. The van der Waals surface area contributed by atoms with Crippen LogP contribution >= 0.6 is 0 Å². The number of sulfonamides is 1. The highest BCUT2D eigenvalue weighted by atomic mass is 35.5. The zero-order chi connectivity index (χ0) is 29.9. The predicted molar refractivity (Wildman–Crippen MR) is 159 cm³/mol. The van der Waals surface area contributed by atoms with Crippen molar-refractivity contribution in [2.45, 2.75) is 37.5 Å². The molecular formula is C29H37ClN4O6S2. The maximum absolute atomic E-state index is 12.8. The molecule has 0 atom stereocenters. The van der Waals surface area contributed by atoms with Crippen molar-refractivity contribution in [3.8, 4) is 22.5 Å². The van der Waals surface area contributed by atoms with Crippen LogP contribution in [0.15, 0.2) is 68.8 Å². The van der Waals surface area contributed by atoms with Crippen LogP contribution in [0.25, 0.3) is 33.4 Å². The molecule has 1 heterocycles. The van der Waals surface area contributed by atoms with Crippen molar-refractivity contribution in [3.05, 3.63) is 60.0 Å². The molecule has 1 aliphatic carbocycles. The van der Waals surface area contributed by atoms with Crippen molar-refractivity contribution in [1.82, 2.24) is 9.30 Å². The van der Waals surface area contributed by atoms with Gasteiger partial charge in [0.05, 0.1) is 28.9 Å². The summed E-state index contributed by atoms with van der Waals surface area (Å²) in [5, 5.41) is 1.53. The van der Waals surface area contributed by atoms with E-state index in [-0.39, 0.29) is 29.4 Å². The van der Waals surface area contributed by atoms with Gasteiger partial charge in [-0.15, -0.1) is 0 Å². The van der Waals surface area contributed by atoms with Crippen LogP contribution in [0.2, 0.25) is 0 Å². The van der Waals surface area contributed by atoms with Crippen LogP contribution in [0.4, 0.5) is 5.69 Å². The van der Waals surface area contributed by atoms with Gasteiger partial charge < -0.3 is 32.0 Å². The van der Waals surface area contributed by atoms with Crippen molar-refractivity contribution < 1.29 is 43.9 Å². The lowest BCUT2D eigenvalue weighted by molar-refractivity contribution is -0.364. The number of fused-ring (bicyclic) bond motifs is 2. The third-order valence-corrected chi connectivity index (χ3v) is 9.55. The Bertz CT molecular complexity index is 1830.